The summed E-state index contributed by atoms with van der Waals surface area (Å²) in [7, 11) is 0. The number of ether oxygens (including phenoxy) is 1. The summed E-state index contributed by atoms with van der Waals surface area (Å²) in [6.07, 6.45) is 5.23. The highest BCUT2D eigenvalue weighted by molar-refractivity contribution is 6.02. The van der Waals surface area contributed by atoms with E-state index in [1.165, 1.54) is 6.08 Å². The standard InChI is InChI=1S/C35H36N2O4/c1-25(2)23-35(28-14-7-4-8-15-28)30-24-37(22-21-29(30)34(40)41-35)33(39)20-18-27-13-9-10-16-31(27)36-32(38)19-17-26-11-5-3-6-12-26/h3-17,19,25H,18,20-24H2,1-2H3,(H,36,38)/b19-17+. The topological polar surface area (TPSA) is 75.7 Å². The molecule has 0 fully saturated rings. The van der Waals surface area contributed by atoms with Gasteiger partial charge in [0.1, 0.15) is 0 Å². The summed E-state index contributed by atoms with van der Waals surface area (Å²) in [6.45, 7) is 5.11. The van der Waals surface area contributed by atoms with Gasteiger partial charge in [0.25, 0.3) is 0 Å². The van der Waals surface area contributed by atoms with Crippen molar-refractivity contribution in [2.24, 2.45) is 5.92 Å². The van der Waals surface area contributed by atoms with Gasteiger partial charge in [0, 0.05) is 42.4 Å². The van der Waals surface area contributed by atoms with Crippen molar-refractivity contribution < 1.29 is 19.1 Å². The van der Waals surface area contributed by atoms with E-state index in [9.17, 15) is 14.4 Å². The Hall–Kier alpha value is -4.45. The summed E-state index contributed by atoms with van der Waals surface area (Å²) in [4.78, 5) is 40.9. The van der Waals surface area contributed by atoms with Crippen molar-refractivity contribution >= 4 is 29.5 Å². The molecule has 0 saturated carbocycles. The molecule has 2 amide bonds. The van der Waals surface area contributed by atoms with Crippen LogP contribution in [0.5, 0.6) is 0 Å². The third-order valence-corrected chi connectivity index (χ3v) is 7.74. The van der Waals surface area contributed by atoms with Crippen LogP contribution in [0, 0.1) is 5.92 Å². The normalized spacial score (nSPS) is 18.5. The van der Waals surface area contributed by atoms with E-state index in [0.29, 0.717) is 44.5 Å². The molecule has 0 radical (unpaired) electrons. The SMILES string of the molecule is CC(C)CC1(c2ccccc2)OC(=O)C2=C1CN(C(=O)CCc1ccccc1NC(=O)/C=C/c1ccccc1)CC2. The van der Waals surface area contributed by atoms with Gasteiger partial charge in [-0.1, -0.05) is 92.7 Å². The van der Waals surface area contributed by atoms with Gasteiger partial charge in [-0.05, 0) is 54.0 Å². The van der Waals surface area contributed by atoms with E-state index < -0.39 is 5.60 Å². The van der Waals surface area contributed by atoms with Crippen LogP contribution in [0.1, 0.15) is 49.8 Å². The van der Waals surface area contributed by atoms with Gasteiger partial charge in [0.2, 0.25) is 11.8 Å². The highest BCUT2D eigenvalue weighted by Gasteiger charge is 2.50. The van der Waals surface area contributed by atoms with E-state index in [1.807, 2.05) is 89.8 Å². The van der Waals surface area contributed by atoms with Crippen molar-refractivity contribution in [3.8, 4) is 0 Å². The number of nitrogens with zero attached hydrogens (tertiary/aromatic N) is 1. The molecule has 0 saturated heterocycles. The van der Waals surface area contributed by atoms with Gasteiger partial charge in [-0.2, -0.15) is 0 Å². The summed E-state index contributed by atoms with van der Waals surface area (Å²) in [5.41, 5.74) is 4.28. The van der Waals surface area contributed by atoms with Crippen molar-refractivity contribution in [1.29, 1.82) is 0 Å². The second kappa shape index (κ2) is 12.4. The summed E-state index contributed by atoms with van der Waals surface area (Å²) < 4.78 is 6.15. The summed E-state index contributed by atoms with van der Waals surface area (Å²) >= 11 is 0. The second-order valence-electron chi connectivity index (χ2n) is 11.1. The Morgan fingerprint density at radius 1 is 0.976 bits per heavy atom. The molecular formula is C35H36N2O4. The zero-order valence-corrected chi connectivity index (χ0v) is 23.6. The minimum absolute atomic E-state index is 0.0208. The number of hydrogen-bond donors (Lipinski definition) is 1. The highest BCUT2D eigenvalue weighted by atomic mass is 16.6. The first-order valence-electron chi connectivity index (χ1n) is 14.3. The number of amides is 2. The Balaban J connectivity index is 1.27. The summed E-state index contributed by atoms with van der Waals surface area (Å²) in [5.74, 6) is -0.179. The van der Waals surface area contributed by atoms with E-state index in [1.54, 1.807) is 6.08 Å². The van der Waals surface area contributed by atoms with Gasteiger partial charge >= 0.3 is 5.97 Å². The number of nitrogens with one attached hydrogen (secondary N) is 1. The highest BCUT2D eigenvalue weighted by Crippen LogP contribution is 2.48. The maximum atomic E-state index is 13.5. The van der Waals surface area contributed by atoms with Gasteiger partial charge in [-0.3, -0.25) is 9.59 Å². The fourth-order valence-corrected chi connectivity index (χ4v) is 5.82. The Labute approximate surface area is 241 Å². The van der Waals surface area contributed by atoms with Gasteiger partial charge < -0.3 is 15.0 Å². The van der Waals surface area contributed by atoms with Crippen LogP contribution < -0.4 is 5.32 Å². The number of aryl methyl sites for hydroxylation is 1. The van der Waals surface area contributed by atoms with Gasteiger partial charge in [0.05, 0.1) is 0 Å². The van der Waals surface area contributed by atoms with Crippen LogP contribution in [0.3, 0.4) is 0 Å². The van der Waals surface area contributed by atoms with Crippen LogP contribution in [0.4, 0.5) is 5.69 Å². The number of cyclic esters (lactones) is 1. The molecule has 0 bridgehead atoms. The van der Waals surface area contributed by atoms with Crippen LogP contribution >= 0.6 is 0 Å². The maximum Gasteiger partial charge on any atom is 0.335 e. The quantitative estimate of drug-likeness (QED) is 0.252. The van der Waals surface area contributed by atoms with Gasteiger partial charge in [0.15, 0.2) is 5.60 Å². The fraction of sp³-hybridized carbons (Fsp3) is 0.286. The van der Waals surface area contributed by atoms with Crippen molar-refractivity contribution in [1.82, 2.24) is 4.90 Å². The number of para-hydroxylation sites is 1. The first-order chi connectivity index (χ1) is 19.9. The number of carbonyl (C=O) groups is 3. The summed E-state index contributed by atoms with van der Waals surface area (Å²) in [6, 6.07) is 27.1. The molecule has 1 unspecified atom stereocenters. The molecule has 1 atom stereocenters. The third kappa shape index (κ3) is 6.32. The molecule has 3 aromatic rings. The molecule has 3 aromatic carbocycles. The number of anilines is 1. The molecule has 0 spiro atoms. The number of rotatable bonds is 9. The Kier molecular flexibility index (Phi) is 8.48. The van der Waals surface area contributed by atoms with Crippen LogP contribution in [0.15, 0.2) is 102 Å². The van der Waals surface area contributed by atoms with Crippen LogP contribution in [0.25, 0.3) is 6.08 Å². The van der Waals surface area contributed by atoms with E-state index in [-0.39, 0.29) is 23.7 Å². The average Bonchev–Trinajstić information content (AvgIpc) is 3.27. The van der Waals surface area contributed by atoms with E-state index in [2.05, 4.69) is 19.2 Å². The molecule has 210 valence electrons. The van der Waals surface area contributed by atoms with Crippen LogP contribution in [-0.2, 0) is 31.1 Å². The first-order valence-corrected chi connectivity index (χ1v) is 14.3. The molecule has 0 aliphatic carbocycles. The number of esters is 1. The number of carbonyl (C=O) groups excluding carboxylic acids is 3. The Bertz CT molecular complexity index is 1480. The molecule has 41 heavy (non-hydrogen) atoms. The predicted octanol–water partition coefficient (Wildman–Crippen LogP) is 6.30. The lowest BCUT2D eigenvalue weighted by molar-refractivity contribution is -0.149. The molecule has 5 rings (SSSR count). The predicted molar refractivity (Wildman–Crippen MR) is 161 cm³/mol. The number of benzene rings is 3. The molecule has 0 aromatic heterocycles. The molecule has 2 aliphatic heterocycles. The van der Waals surface area contributed by atoms with Crippen molar-refractivity contribution in [2.45, 2.75) is 45.1 Å². The van der Waals surface area contributed by atoms with Gasteiger partial charge in [-0.25, -0.2) is 4.79 Å². The zero-order valence-electron chi connectivity index (χ0n) is 23.6. The van der Waals surface area contributed by atoms with Crippen molar-refractivity contribution in [3.63, 3.8) is 0 Å². The lowest BCUT2D eigenvalue weighted by Gasteiger charge is -2.37. The smallest absolute Gasteiger partial charge is 0.335 e. The van der Waals surface area contributed by atoms with E-state index in [4.69, 9.17) is 4.74 Å². The lowest BCUT2D eigenvalue weighted by atomic mass is 9.77. The average molecular weight is 549 g/mol. The molecule has 6 nitrogen and oxygen atoms in total. The molecule has 2 aliphatic rings. The van der Waals surface area contributed by atoms with Crippen LogP contribution in [0.2, 0.25) is 0 Å². The first kappa shape index (κ1) is 28.1. The van der Waals surface area contributed by atoms with Crippen LogP contribution in [-0.4, -0.2) is 35.8 Å². The van der Waals surface area contributed by atoms with Crippen molar-refractivity contribution in [2.75, 3.05) is 18.4 Å². The largest absolute Gasteiger partial charge is 0.446 e. The Morgan fingerprint density at radius 2 is 1.66 bits per heavy atom. The fourth-order valence-electron chi connectivity index (χ4n) is 5.82. The minimum Gasteiger partial charge on any atom is -0.446 e. The van der Waals surface area contributed by atoms with Crippen molar-refractivity contribution in [3.05, 3.63) is 119 Å². The molecule has 2 heterocycles. The lowest BCUT2D eigenvalue weighted by Crippen LogP contribution is -2.42. The summed E-state index contributed by atoms with van der Waals surface area (Å²) in [5, 5.41) is 2.95. The van der Waals surface area contributed by atoms with E-state index >= 15 is 0 Å². The molecule has 1 N–H and O–H groups in total. The Morgan fingerprint density at radius 3 is 2.39 bits per heavy atom. The van der Waals surface area contributed by atoms with Gasteiger partial charge in [-0.15, -0.1) is 0 Å². The van der Waals surface area contributed by atoms with E-state index in [0.717, 1.165) is 27.8 Å². The maximum absolute atomic E-state index is 13.5. The zero-order chi connectivity index (χ0) is 28.8. The molecule has 6 heteroatoms. The third-order valence-electron chi connectivity index (χ3n) is 7.74. The second-order valence-corrected chi connectivity index (χ2v) is 11.1. The minimum atomic E-state index is -0.842. The molecular weight excluding hydrogens is 512 g/mol. The number of hydrogen-bond acceptors (Lipinski definition) is 4. The monoisotopic (exact) mass is 548 g/mol.